The van der Waals surface area contributed by atoms with Crippen molar-refractivity contribution in [2.45, 2.75) is 34.1 Å². The second-order valence-corrected chi connectivity index (χ2v) is 2.77. The van der Waals surface area contributed by atoms with Gasteiger partial charge in [-0.05, 0) is 19.3 Å². The molecular formula is C9H17N. The Morgan fingerprint density at radius 1 is 1.50 bits per heavy atom. The lowest BCUT2D eigenvalue weighted by Crippen LogP contribution is -1.86. The van der Waals surface area contributed by atoms with Crippen LogP contribution in [-0.2, 0) is 0 Å². The van der Waals surface area contributed by atoms with Gasteiger partial charge in [-0.25, -0.2) is 0 Å². The van der Waals surface area contributed by atoms with E-state index < -0.39 is 0 Å². The zero-order valence-electron chi connectivity index (χ0n) is 7.39. The minimum atomic E-state index is 0.619. The van der Waals surface area contributed by atoms with Gasteiger partial charge in [-0.2, -0.15) is 0 Å². The molecule has 0 aliphatic carbocycles. The lowest BCUT2D eigenvalue weighted by atomic mass is 10.1. The molecule has 58 valence electrons. The molecule has 0 rings (SSSR count). The fourth-order valence-electron chi connectivity index (χ4n) is 0.425. The van der Waals surface area contributed by atoms with E-state index in [2.05, 4.69) is 32.7 Å². The van der Waals surface area contributed by atoms with Crippen molar-refractivity contribution in [3.8, 4) is 0 Å². The highest BCUT2D eigenvalue weighted by atomic mass is 14.7. The Kier molecular flexibility index (Phi) is 4.91. The van der Waals surface area contributed by atoms with Crippen LogP contribution < -0.4 is 0 Å². The minimum absolute atomic E-state index is 0.619. The summed E-state index contributed by atoms with van der Waals surface area (Å²) in [6, 6.07) is 0. The van der Waals surface area contributed by atoms with Crippen LogP contribution in [0.15, 0.2) is 16.8 Å². The van der Waals surface area contributed by atoms with Crippen LogP contribution in [0.3, 0.4) is 0 Å². The predicted molar refractivity (Wildman–Crippen MR) is 47.4 cm³/mol. The van der Waals surface area contributed by atoms with E-state index in [1.54, 1.807) is 0 Å². The number of nitrogens with zero attached hydrogens (tertiary/aromatic N) is 1. The third-order valence-corrected chi connectivity index (χ3v) is 1.48. The zero-order chi connectivity index (χ0) is 7.98. The van der Waals surface area contributed by atoms with Crippen molar-refractivity contribution in [1.29, 1.82) is 0 Å². The summed E-state index contributed by atoms with van der Waals surface area (Å²) in [7, 11) is 0. The smallest absolute Gasteiger partial charge is 0.0255 e. The molecule has 0 fully saturated rings. The van der Waals surface area contributed by atoms with Crippen molar-refractivity contribution in [2.24, 2.45) is 10.9 Å². The summed E-state index contributed by atoms with van der Waals surface area (Å²) in [5, 5.41) is 0. The van der Waals surface area contributed by atoms with E-state index in [0.717, 1.165) is 6.42 Å². The van der Waals surface area contributed by atoms with Crippen LogP contribution in [0.4, 0.5) is 0 Å². The largest absolute Gasteiger partial charge is 0.269 e. The van der Waals surface area contributed by atoms with Crippen LogP contribution in [0.1, 0.15) is 34.1 Å². The standard InChI is InChI=1S/C9H17N/c1-5-6-10-7-9(4)8(2)3/h6-8H,5H2,1-4H3/b9-7+,10-6?. The first kappa shape index (κ1) is 9.41. The van der Waals surface area contributed by atoms with Crippen molar-refractivity contribution in [1.82, 2.24) is 0 Å². The molecule has 0 radical (unpaired) electrons. The molecule has 0 aliphatic rings. The Labute approximate surface area is 63.9 Å². The van der Waals surface area contributed by atoms with E-state index in [-0.39, 0.29) is 0 Å². The van der Waals surface area contributed by atoms with Crippen LogP contribution in [0.25, 0.3) is 0 Å². The number of allylic oxidation sites excluding steroid dienone is 1. The Bertz CT molecular complexity index is 132. The first-order valence-corrected chi connectivity index (χ1v) is 3.86. The average molecular weight is 139 g/mol. The van der Waals surface area contributed by atoms with Crippen LogP contribution in [0.2, 0.25) is 0 Å². The molecule has 0 atom stereocenters. The van der Waals surface area contributed by atoms with Gasteiger partial charge in [0.2, 0.25) is 0 Å². The monoisotopic (exact) mass is 139 g/mol. The summed E-state index contributed by atoms with van der Waals surface area (Å²) in [4.78, 5) is 4.12. The first-order chi connectivity index (χ1) is 4.68. The quantitative estimate of drug-likeness (QED) is 0.533. The lowest BCUT2D eigenvalue weighted by Gasteiger charge is -2.00. The molecule has 0 N–H and O–H groups in total. The highest BCUT2D eigenvalue weighted by Gasteiger charge is 1.92. The van der Waals surface area contributed by atoms with E-state index in [1.165, 1.54) is 5.57 Å². The molecule has 1 nitrogen and oxygen atoms in total. The molecule has 1 heteroatoms. The number of hydrogen-bond acceptors (Lipinski definition) is 1. The van der Waals surface area contributed by atoms with Gasteiger partial charge in [-0.1, -0.05) is 26.3 Å². The van der Waals surface area contributed by atoms with E-state index >= 15 is 0 Å². The third kappa shape index (κ3) is 4.30. The summed E-state index contributed by atoms with van der Waals surface area (Å²) in [6.45, 7) is 8.54. The predicted octanol–water partition coefficient (Wildman–Crippen LogP) is 3.03. The van der Waals surface area contributed by atoms with Crippen LogP contribution in [0, 0.1) is 5.92 Å². The maximum Gasteiger partial charge on any atom is 0.0255 e. The Morgan fingerprint density at radius 3 is 2.50 bits per heavy atom. The second-order valence-electron chi connectivity index (χ2n) is 2.77. The molecular weight excluding hydrogens is 122 g/mol. The third-order valence-electron chi connectivity index (χ3n) is 1.48. The molecule has 0 amide bonds. The molecule has 0 aromatic heterocycles. The van der Waals surface area contributed by atoms with Gasteiger partial charge in [0.25, 0.3) is 0 Å². The minimum Gasteiger partial charge on any atom is -0.269 e. The summed E-state index contributed by atoms with van der Waals surface area (Å²) >= 11 is 0. The Morgan fingerprint density at radius 2 is 2.10 bits per heavy atom. The molecule has 0 saturated heterocycles. The van der Waals surface area contributed by atoms with Crippen molar-refractivity contribution < 1.29 is 0 Å². The second kappa shape index (κ2) is 5.21. The molecule has 10 heavy (non-hydrogen) atoms. The van der Waals surface area contributed by atoms with Crippen LogP contribution in [0.5, 0.6) is 0 Å². The number of hydrogen-bond donors (Lipinski definition) is 0. The maximum absolute atomic E-state index is 4.12. The Hall–Kier alpha value is -0.590. The molecule has 0 saturated carbocycles. The van der Waals surface area contributed by atoms with Crippen molar-refractivity contribution in [3.63, 3.8) is 0 Å². The van der Waals surface area contributed by atoms with Gasteiger partial charge in [0.05, 0.1) is 0 Å². The van der Waals surface area contributed by atoms with Gasteiger partial charge in [-0.15, -0.1) is 0 Å². The van der Waals surface area contributed by atoms with Gasteiger partial charge in [0.15, 0.2) is 0 Å². The molecule has 0 unspecified atom stereocenters. The first-order valence-electron chi connectivity index (χ1n) is 3.86. The van der Waals surface area contributed by atoms with Crippen LogP contribution >= 0.6 is 0 Å². The zero-order valence-corrected chi connectivity index (χ0v) is 7.39. The molecule has 0 bridgehead atoms. The van der Waals surface area contributed by atoms with Crippen molar-refractivity contribution in [3.05, 3.63) is 11.8 Å². The molecule has 0 heterocycles. The SMILES string of the molecule is CCC=N/C=C(\C)C(C)C. The fourth-order valence-corrected chi connectivity index (χ4v) is 0.425. The topological polar surface area (TPSA) is 12.4 Å². The van der Waals surface area contributed by atoms with Crippen molar-refractivity contribution in [2.75, 3.05) is 0 Å². The normalized spacial score (nSPS) is 13.5. The Balaban J connectivity index is 3.79. The van der Waals surface area contributed by atoms with Crippen molar-refractivity contribution >= 4 is 6.21 Å². The maximum atomic E-state index is 4.12. The van der Waals surface area contributed by atoms with E-state index in [0.29, 0.717) is 5.92 Å². The average Bonchev–Trinajstić information content (AvgIpc) is 1.88. The van der Waals surface area contributed by atoms with Gasteiger partial charge in [0, 0.05) is 12.4 Å². The molecule has 0 aromatic carbocycles. The highest BCUT2D eigenvalue weighted by Crippen LogP contribution is 2.06. The highest BCUT2D eigenvalue weighted by molar-refractivity contribution is 5.57. The van der Waals surface area contributed by atoms with Crippen LogP contribution in [-0.4, -0.2) is 6.21 Å². The van der Waals surface area contributed by atoms with Gasteiger partial charge in [-0.3, -0.25) is 4.99 Å². The van der Waals surface area contributed by atoms with Gasteiger partial charge in [0.1, 0.15) is 0 Å². The summed E-state index contributed by atoms with van der Waals surface area (Å²) in [6.07, 6.45) is 4.88. The summed E-state index contributed by atoms with van der Waals surface area (Å²) < 4.78 is 0. The molecule has 0 aromatic rings. The van der Waals surface area contributed by atoms with Gasteiger partial charge >= 0.3 is 0 Å². The summed E-state index contributed by atoms with van der Waals surface area (Å²) in [5.41, 5.74) is 1.34. The van der Waals surface area contributed by atoms with E-state index in [9.17, 15) is 0 Å². The van der Waals surface area contributed by atoms with E-state index in [4.69, 9.17) is 0 Å². The van der Waals surface area contributed by atoms with E-state index in [1.807, 2.05) is 12.4 Å². The molecule has 0 spiro atoms. The number of rotatable bonds is 3. The fraction of sp³-hybridized carbons (Fsp3) is 0.667. The summed E-state index contributed by atoms with van der Waals surface area (Å²) in [5.74, 6) is 0.619. The molecule has 0 aliphatic heterocycles. The van der Waals surface area contributed by atoms with Gasteiger partial charge < -0.3 is 0 Å². The number of aliphatic imine (C=N–C) groups is 1. The lowest BCUT2D eigenvalue weighted by molar-refractivity contribution is 0.766.